The molecule has 2 atom stereocenters. The van der Waals surface area contributed by atoms with E-state index in [9.17, 15) is 4.39 Å². The minimum absolute atomic E-state index is 0.0399. The van der Waals surface area contributed by atoms with Crippen molar-refractivity contribution in [3.8, 4) is 0 Å². The lowest BCUT2D eigenvalue weighted by atomic mass is 10.00. The minimum Gasteiger partial charge on any atom is -0.378 e. The highest BCUT2D eigenvalue weighted by molar-refractivity contribution is 9.10. The zero-order valence-electron chi connectivity index (χ0n) is 9.66. The molecule has 1 aliphatic heterocycles. The Morgan fingerprint density at radius 1 is 1.53 bits per heavy atom. The second-order valence-corrected chi connectivity index (χ2v) is 5.49. The fraction of sp³-hybridized carbons (Fsp3) is 0.538. The molecule has 0 amide bonds. The average Bonchev–Trinajstić information content (AvgIpc) is 2.76. The molecule has 1 aliphatic rings. The van der Waals surface area contributed by atoms with Gasteiger partial charge in [0, 0.05) is 17.1 Å². The van der Waals surface area contributed by atoms with E-state index in [-0.39, 0.29) is 18.0 Å². The van der Waals surface area contributed by atoms with Crippen LogP contribution in [-0.4, -0.2) is 18.8 Å². The van der Waals surface area contributed by atoms with Gasteiger partial charge in [-0.1, -0.05) is 15.9 Å². The predicted octanol–water partition coefficient (Wildman–Crippen LogP) is 3.03. The summed E-state index contributed by atoms with van der Waals surface area (Å²) in [4.78, 5) is 0. The zero-order chi connectivity index (χ0) is 12.3. The third kappa shape index (κ3) is 3.76. The smallest absolute Gasteiger partial charge is 0.126 e. The van der Waals surface area contributed by atoms with Crippen LogP contribution in [0.15, 0.2) is 22.7 Å². The number of benzene rings is 1. The van der Waals surface area contributed by atoms with E-state index < -0.39 is 0 Å². The van der Waals surface area contributed by atoms with Crippen LogP contribution in [0, 0.1) is 5.82 Å². The van der Waals surface area contributed by atoms with Gasteiger partial charge < -0.3 is 10.5 Å². The monoisotopic (exact) mass is 301 g/mol. The summed E-state index contributed by atoms with van der Waals surface area (Å²) >= 11 is 3.34. The van der Waals surface area contributed by atoms with Crippen molar-refractivity contribution in [1.82, 2.24) is 0 Å². The largest absolute Gasteiger partial charge is 0.378 e. The maximum Gasteiger partial charge on any atom is 0.126 e. The Labute approximate surface area is 109 Å². The number of rotatable bonds is 4. The van der Waals surface area contributed by atoms with Gasteiger partial charge in [-0.15, -0.1) is 0 Å². The van der Waals surface area contributed by atoms with Crippen LogP contribution >= 0.6 is 15.9 Å². The van der Waals surface area contributed by atoms with Crippen LogP contribution in [0.5, 0.6) is 0 Å². The van der Waals surface area contributed by atoms with E-state index >= 15 is 0 Å². The first-order chi connectivity index (χ1) is 8.15. The molecule has 0 spiro atoms. The van der Waals surface area contributed by atoms with Gasteiger partial charge in [-0.3, -0.25) is 0 Å². The molecule has 0 saturated carbocycles. The molecule has 0 radical (unpaired) electrons. The molecule has 0 aliphatic carbocycles. The molecule has 2 nitrogen and oxygen atoms in total. The SMILES string of the molecule is NC(Cc1cc(Br)ccc1F)CC1CCCO1. The van der Waals surface area contributed by atoms with Crippen LogP contribution in [0.2, 0.25) is 0 Å². The molecule has 1 aromatic rings. The van der Waals surface area contributed by atoms with E-state index in [2.05, 4.69) is 15.9 Å². The van der Waals surface area contributed by atoms with Crippen molar-refractivity contribution < 1.29 is 9.13 Å². The Bertz CT molecular complexity index is 380. The molecular formula is C13H17BrFNO. The van der Waals surface area contributed by atoms with E-state index in [1.807, 2.05) is 0 Å². The van der Waals surface area contributed by atoms with E-state index in [0.29, 0.717) is 12.0 Å². The summed E-state index contributed by atoms with van der Waals surface area (Å²) in [5.41, 5.74) is 6.71. The molecule has 2 N–H and O–H groups in total. The molecule has 1 fully saturated rings. The van der Waals surface area contributed by atoms with Crippen LogP contribution in [0.25, 0.3) is 0 Å². The number of hydrogen-bond donors (Lipinski definition) is 1. The summed E-state index contributed by atoms with van der Waals surface area (Å²) in [7, 11) is 0. The van der Waals surface area contributed by atoms with Crippen molar-refractivity contribution in [2.45, 2.75) is 37.8 Å². The molecule has 17 heavy (non-hydrogen) atoms. The summed E-state index contributed by atoms with van der Waals surface area (Å²) in [5.74, 6) is -0.184. The molecule has 2 unspecified atom stereocenters. The van der Waals surface area contributed by atoms with Crippen LogP contribution < -0.4 is 5.73 Å². The van der Waals surface area contributed by atoms with E-state index in [0.717, 1.165) is 30.3 Å². The second-order valence-electron chi connectivity index (χ2n) is 4.57. The topological polar surface area (TPSA) is 35.2 Å². The molecule has 2 rings (SSSR count). The summed E-state index contributed by atoms with van der Waals surface area (Å²) in [6.07, 6.45) is 3.83. The normalized spacial score (nSPS) is 21.7. The molecule has 1 saturated heterocycles. The lowest BCUT2D eigenvalue weighted by molar-refractivity contribution is 0.0982. The number of hydrogen-bond acceptors (Lipinski definition) is 2. The Morgan fingerprint density at radius 3 is 3.06 bits per heavy atom. The van der Waals surface area contributed by atoms with Gasteiger partial charge in [0.25, 0.3) is 0 Å². The number of halogens is 2. The highest BCUT2D eigenvalue weighted by Gasteiger charge is 2.19. The quantitative estimate of drug-likeness (QED) is 0.928. The van der Waals surface area contributed by atoms with Crippen molar-refractivity contribution in [2.75, 3.05) is 6.61 Å². The first-order valence-corrected chi connectivity index (χ1v) is 6.75. The van der Waals surface area contributed by atoms with E-state index in [1.165, 1.54) is 6.07 Å². The standard InChI is InChI=1S/C13H17BrFNO/c14-10-3-4-13(15)9(6-10)7-11(16)8-12-2-1-5-17-12/h3-4,6,11-12H,1-2,5,7-8,16H2. The fourth-order valence-corrected chi connectivity index (χ4v) is 2.64. The Kier molecular flexibility index (Phi) is 4.54. The molecule has 4 heteroatoms. The lowest BCUT2D eigenvalue weighted by Crippen LogP contribution is -2.28. The van der Waals surface area contributed by atoms with E-state index in [4.69, 9.17) is 10.5 Å². The maximum atomic E-state index is 13.5. The first-order valence-electron chi connectivity index (χ1n) is 5.96. The Morgan fingerprint density at radius 2 is 2.35 bits per heavy atom. The van der Waals surface area contributed by atoms with Crippen LogP contribution in [0.3, 0.4) is 0 Å². The highest BCUT2D eigenvalue weighted by atomic mass is 79.9. The van der Waals surface area contributed by atoms with Gasteiger partial charge in [0.05, 0.1) is 6.10 Å². The van der Waals surface area contributed by atoms with Gasteiger partial charge in [0.2, 0.25) is 0 Å². The van der Waals surface area contributed by atoms with Gasteiger partial charge in [-0.05, 0) is 49.4 Å². The lowest BCUT2D eigenvalue weighted by Gasteiger charge is -2.16. The van der Waals surface area contributed by atoms with Crippen LogP contribution in [-0.2, 0) is 11.2 Å². The third-order valence-electron chi connectivity index (χ3n) is 3.08. The van der Waals surface area contributed by atoms with Crippen LogP contribution in [0.4, 0.5) is 4.39 Å². The Balaban J connectivity index is 1.92. The minimum atomic E-state index is -0.184. The Hall–Kier alpha value is -0.450. The molecule has 1 heterocycles. The van der Waals surface area contributed by atoms with Crippen molar-refractivity contribution in [2.24, 2.45) is 5.73 Å². The van der Waals surface area contributed by atoms with Crippen molar-refractivity contribution in [1.29, 1.82) is 0 Å². The van der Waals surface area contributed by atoms with Crippen LogP contribution in [0.1, 0.15) is 24.8 Å². The summed E-state index contributed by atoms with van der Waals surface area (Å²) in [6.45, 7) is 0.836. The molecule has 0 aromatic heterocycles. The van der Waals surface area contributed by atoms with Gasteiger partial charge in [0.15, 0.2) is 0 Å². The van der Waals surface area contributed by atoms with Gasteiger partial charge in [0.1, 0.15) is 5.82 Å². The molecule has 0 bridgehead atoms. The van der Waals surface area contributed by atoms with E-state index in [1.54, 1.807) is 12.1 Å². The summed E-state index contributed by atoms with van der Waals surface area (Å²) < 4.78 is 20.0. The first kappa shape index (κ1) is 13.0. The fourth-order valence-electron chi connectivity index (χ4n) is 2.23. The highest BCUT2D eigenvalue weighted by Crippen LogP contribution is 2.20. The number of nitrogens with two attached hydrogens (primary N) is 1. The van der Waals surface area contributed by atoms with Gasteiger partial charge >= 0.3 is 0 Å². The predicted molar refractivity (Wildman–Crippen MR) is 69.4 cm³/mol. The van der Waals surface area contributed by atoms with Crippen molar-refractivity contribution in [3.05, 3.63) is 34.1 Å². The summed E-state index contributed by atoms with van der Waals surface area (Å²) in [6, 6.07) is 4.93. The average molecular weight is 302 g/mol. The molecule has 1 aromatic carbocycles. The molecular weight excluding hydrogens is 285 g/mol. The zero-order valence-corrected chi connectivity index (χ0v) is 11.2. The van der Waals surface area contributed by atoms with Crippen molar-refractivity contribution >= 4 is 15.9 Å². The van der Waals surface area contributed by atoms with Crippen molar-refractivity contribution in [3.63, 3.8) is 0 Å². The molecule has 94 valence electrons. The second kappa shape index (κ2) is 5.94. The van der Waals surface area contributed by atoms with Gasteiger partial charge in [-0.2, -0.15) is 0 Å². The maximum absolute atomic E-state index is 13.5. The number of ether oxygens (including phenoxy) is 1. The summed E-state index contributed by atoms with van der Waals surface area (Å²) in [5, 5.41) is 0. The van der Waals surface area contributed by atoms with Gasteiger partial charge in [-0.25, -0.2) is 4.39 Å². The third-order valence-corrected chi connectivity index (χ3v) is 3.57.